The molecule has 0 aliphatic carbocycles. The molecule has 2 rings (SSSR count). The molecule has 0 saturated carbocycles. The van der Waals surface area contributed by atoms with Crippen LogP contribution in [0, 0.1) is 6.92 Å². The molecule has 0 bridgehead atoms. The van der Waals surface area contributed by atoms with Gasteiger partial charge >= 0.3 is 0 Å². The van der Waals surface area contributed by atoms with E-state index in [-0.39, 0.29) is 5.91 Å². The number of furan rings is 2. The van der Waals surface area contributed by atoms with Gasteiger partial charge < -0.3 is 24.8 Å². The molecule has 2 aromatic heterocycles. The second kappa shape index (κ2) is 9.44. The van der Waals surface area contributed by atoms with Gasteiger partial charge in [-0.15, -0.1) is 0 Å². The third-order valence-corrected chi connectivity index (χ3v) is 3.47. The van der Waals surface area contributed by atoms with E-state index >= 15 is 0 Å². The first-order valence-electron chi connectivity index (χ1n) is 8.00. The number of rotatable bonds is 8. The second-order valence-corrected chi connectivity index (χ2v) is 5.30. The molecule has 130 valence electrons. The fraction of sp³-hybridized carbons (Fsp3) is 0.412. The van der Waals surface area contributed by atoms with E-state index in [0.29, 0.717) is 18.8 Å². The van der Waals surface area contributed by atoms with Crippen LogP contribution in [-0.4, -0.2) is 38.5 Å². The van der Waals surface area contributed by atoms with Crippen LogP contribution in [0.3, 0.4) is 0 Å². The lowest BCUT2D eigenvalue weighted by Gasteiger charge is -2.11. The van der Waals surface area contributed by atoms with E-state index in [1.165, 1.54) is 6.26 Å². The van der Waals surface area contributed by atoms with Crippen LogP contribution in [0.25, 0.3) is 0 Å². The molecule has 0 aliphatic heterocycles. The van der Waals surface area contributed by atoms with Crippen molar-refractivity contribution in [3.8, 4) is 0 Å². The van der Waals surface area contributed by atoms with Crippen LogP contribution in [-0.2, 0) is 6.42 Å². The number of nitrogens with one attached hydrogen (secondary N) is 3. The molecule has 0 saturated heterocycles. The average molecular weight is 332 g/mol. The van der Waals surface area contributed by atoms with Gasteiger partial charge in [-0.1, -0.05) is 0 Å². The molecule has 0 fully saturated rings. The van der Waals surface area contributed by atoms with Crippen molar-refractivity contribution < 1.29 is 13.6 Å². The maximum absolute atomic E-state index is 11.9. The van der Waals surface area contributed by atoms with Crippen molar-refractivity contribution in [1.29, 1.82) is 0 Å². The Balaban J connectivity index is 1.57. The van der Waals surface area contributed by atoms with Gasteiger partial charge in [0.2, 0.25) is 0 Å². The normalized spacial score (nSPS) is 11.3. The van der Waals surface area contributed by atoms with E-state index in [9.17, 15) is 4.79 Å². The molecule has 2 heterocycles. The van der Waals surface area contributed by atoms with Crippen LogP contribution in [0.1, 0.15) is 28.3 Å². The van der Waals surface area contributed by atoms with Crippen LogP contribution in [0.15, 0.2) is 44.6 Å². The van der Waals surface area contributed by atoms with E-state index in [1.54, 1.807) is 19.4 Å². The molecule has 0 aromatic carbocycles. The molecule has 0 aliphatic rings. The first kappa shape index (κ1) is 17.7. The minimum atomic E-state index is -0.182. The number of guanidine groups is 1. The van der Waals surface area contributed by atoms with Crippen molar-refractivity contribution in [1.82, 2.24) is 16.0 Å². The van der Waals surface area contributed by atoms with Gasteiger partial charge in [0.05, 0.1) is 12.5 Å². The fourth-order valence-corrected chi connectivity index (χ4v) is 2.16. The van der Waals surface area contributed by atoms with Crippen molar-refractivity contribution in [3.05, 3.63) is 47.8 Å². The number of nitrogens with zero attached hydrogens (tertiary/aromatic N) is 1. The number of carbonyl (C=O) groups is 1. The Hall–Kier alpha value is -2.70. The van der Waals surface area contributed by atoms with Crippen molar-refractivity contribution in [2.75, 3.05) is 26.7 Å². The zero-order valence-corrected chi connectivity index (χ0v) is 14.1. The monoisotopic (exact) mass is 332 g/mol. The lowest BCUT2D eigenvalue weighted by atomic mass is 10.2. The Kier molecular flexibility index (Phi) is 6.94. The lowest BCUT2D eigenvalue weighted by Crippen LogP contribution is -2.39. The Bertz CT molecular complexity index is 647. The largest absolute Gasteiger partial charge is 0.469 e. The molecule has 0 atom stereocenters. The smallest absolute Gasteiger partial charge is 0.287 e. The van der Waals surface area contributed by atoms with Crippen molar-refractivity contribution >= 4 is 11.9 Å². The molecule has 0 spiro atoms. The standard InChI is InChI=1S/C17H24N4O3/c1-13-7-12-24-15(13)16(22)19-8-4-9-20-17(18-2)21-10-6-14-5-3-11-23-14/h3,5,7,11-12H,4,6,8-10H2,1-2H3,(H,19,22)(H2,18,20,21). The van der Waals surface area contributed by atoms with E-state index in [1.807, 2.05) is 19.1 Å². The highest BCUT2D eigenvalue weighted by Gasteiger charge is 2.11. The summed E-state index contributed by atoms with van der Waals surface area (Å²) in [7, 11) is 1.73. The number of hydrogen-bond donors (Lipinski definition) is 3. The van der Waals surface area contributed by atoms with Gasteiger partial charge in [0.15, 0.2) is 11.7 Å². The van der Waals surface area contributed by atoms with Gasteiger partial charge in [0, 0.05) is 38.7 Å². The van der Waals surface area contributed by atoms with Crippen LogP contribution in [0.5, 0.6) is 0 Å². The molecule has 2 aromatic rings. The summed E-state index contributed by atoms with van der Waals surface area (Å²) in [6, 6.07) is 5.59. The lowest BCUT2D eigenvalue weighted by molar-refractivity contribution is 0.0925. The summed E-state index contributed by atoms with van der Waals surface area (Å²) in [6.45, 7) is 3.85. The number of carbonyl (C=O) groups excluding carboxylic acids is 1. The van der Waals surface area contributed by atoms with Gasteiger partial charge in [-0.3, -0.25) is 9.79 Å². The van der Waals surface area contributed by atoms with Crippen LogP contribution in [0.4, 0.5) is 0 Å². The predicted molar refractivity (Wildman–Crippen MR) is 92.2 cm³/mol. The minimum Gasteiger partial charge on any atom is -0.469 e. The summed E-state index contributed by atoms with van der Waals surface area (Å²) in [6.07, 6.45) is 4.77. The zero-order valence-electron chi connectivity index (χ0n) is 14.1. The number of aliphatic imine (C=N–C) groups is 1. The van der Waals surface area contributed by atoms with Crippen LogP contribution in [0.2, 0.25) is 0 Å². The molecule has 0 radical (unpaired) electrons. The molecular formula is C17H24N4O3. The average Bonchev–Trinajstić information content (AvgIpc) is 3.24. The highest BCUT2D eigenvalue weighted by atomic mass is 16.3. The van der Waals surface area contributed by atoms with Gasteiger partial charge in [-0.25, -0.2) is 0 Å². The minimum absolute atomic E-state index is 0.182. The molecular weight excluding hydrogens is 308 g/mol. The summed E-state index contributed by atoms with van der Waals surface area (Å²) in [5.74, 6) is 1.86. The molecule has 0 unspecified atom stereocenters. The summed E-state index contributed by atoms with van der Waals surface area (Å²) >= 11 is 0. The first-order chi connectivity index (χ1) is 11.7. The molecule has 3 N–H and O–H groups in total. The molecule has 1 amide bonds. The Morgan fingerprint density at radius 2 is 1.88 bits per heavy atom. The van der Waals surface area contributed by atoms with E-state index in [4.69, 9.17) is 8.83 Å². The third-order valence-electron chi connectivity index (χ3n) is 3.47. The maximum Gasteiger partial charge on any atom is 0.287 e. The van der Waals surface area contributed by atoms with Gasteiger partial charge in [-0.2, -0.15) is 0 Å². The van der Waals surface area contributed by atoms with Crippen LogP contribution < -0.4 is 16.0 Å². The van der Waals surface area contributed by atoms with E-state index in [0.717, 1.165) is 36.7 Å². The Labute approximate surface area is 141 Å². The van der Waals surface area contributed by atoms with Crippen molar-refractivity contribution in [2.24, 2.45) is 4.99 Å². The summed E-state index contributed by atoms with van der Waals surface area (Å²) < 4.78 is 10.4. The van der Waals surface area contributed by atoms with Crippen molar-refractivity contribution in [3.63, 3.8) is 0 Å². The fourth-order valence-electron chi connectivity index (χ4n) is 2.16. The molecule has 24 heavy (non-hydrogen) atoms. The Morgan fingerprint density at radius 3 is 2.54 bits per heavy atom. The van der Waals surface area contributed by atoms with E-state index in [2.05, 4.69) is 20.9 Å². The first-order valence-corrected chi connectivity index (χ1v) is 8.00. The maximum atomic E-state index is 11.9. The molecule has 7 nitrogen and oxygen atoms in total. The predicted octanol–water partition coefficient (Wildman–Crippen LogP) is 1.71. The van der Waals surface area contributed by atoms with Gasteiger partial charge in [-0.05, 0) is 31.5 Å². The molecule has 7 heteroatoms. The van der Waals surface area contributed by atoms with Gasteiger partial charge in [0.25, 0.3) is 5.91 Å². The number of amides is 1. The topological polar surface area (TPSA) is 91.8 Å². The highest BCUT2D eigenvalue weighted by molar-refractivity contribution is 5.92. The van der Waals surface area contributed by atoms with E-state index < -0.39 is 0 Å². The second-order valence-electron chi connectivity index (χ2n) is 5.30. The van der Waals surface area contributed by atoms with Crippen LogP contribution >= 0.6 is 0 Å². The Morgan fingerprint density at radius 1 is 1.08 bits per heavy atom. The number of aryl methyl sites for hydroxylation is 1. The van der Waals surface area contributed by atoms with Gasteiger partial charge in [0.1, 0.15) is 5.76 Å². The summed E-state index contributed by atoms with van der Waals surface area (Å²) in [5, 5.41) is 9.25. The number of hydrogen-bond acceptors (Lipinski definition) is 4. The third kappa shape index (κ3) is 5.49. The SMILES string of the molecule is CN=C(NCCCNC(=O)c1occc1C)NCCc1ccco1. The summed E-state index contributed by atoms with van der Waals surface area (Å²) in [5.41, 5.74) is 0.840. The summed E-state index contributed by atoms with van der Waals surface area (Å²) in [4.78, 5) is 16.0. The highest BCUT2D eigenvalue weighted by Crippen LogP contribution is 2.07. The van der Waals surface area contributed by atoms with Crippen molar-refractivity contribution in [2.45, 2.75) is 19.8 Å². The quantitative estimate of drug-likeness (QED) is 0.389. The zero-order chi connectivity index (χ0) is 17.2.